The number of nitrogens with zero attached hydrogens (tertiary/aromatic N) is 1. The summed E-state index contributed by atoms with van der Waals surface area (Å²) < 4.78 is 10.9. The molecule has 0 aromatic heterocycles. The molecule has 2 aliphatic heterocycles. The van der Waals surface area contributed by atoms with Gasteiger partial charge < -0.3 is 14.6 Å². The van der Waals surface area contributed by atoms with E-state index in [2.05, 4.69) is 4.90 Å². The first-order valence-corrected chi connectivity index (χ1v) is 8.27. The van der Waals surface area contributed by atoms with E-state index in [1.165, 1.54) is 0 Å². The lowest BCUT2D eigenvalue weighted by Crippen LogP contribution is -2.44. The van der Waals surface area contributed by atoms with Crippen molar-refractivity contribution in [1.82, 2.24) is 4.90 Å². The SMILES string of the molecule is COc1c(Cl)cc(Cl)cc1CN1C[C@@H]2COCC[C@]2(C(=O)O)C1. The van der Waals surface area contributed by atoms with Crippen LogP contribution in [0.4, 0.5) is 0 Å². The maximum Gasteiger partial charge on any atom is 0.311 e. The molecule has 23 heavy (non-hydrogen) atoms. The largest absolute Gasteiger partial charge is 0.495 e. The van der Waals surface area contributed by atoms with Crippen LogP contribution < -0.4 is 4.74 Å². The van der Waals surface area contributed by atoms with Crippen LogP contribution in [-0.4, -0.2) is 49.4 Å². The Bertz CT molecular complexity index is 624. The van der Waals surface area contributed by atoms with Crippen LogP contribution in [0.15, 0.2) is 12.1 Å². The molecule has 0 amide bonds. The maximum absolute atomic E-state index is 11.8. The van der Waals surface area contributed by atoms with Gasteiger partial charge in [0.2, 0.25) is 0 Å². The van der Waals surface area contributed by atoms with Crippen molar-refractivity contribution in [2.24, 2.45) is 11.3 Å². The summed E-state index contributed by atoms with van der Waals surface area (Å²) in [6, 6.07) is 3.46. The Balaban J connectivity index is 1.84. The Morgan fingerprint density at radius 1 is 1.52 bits per heavy atom. The van der Waals surface area contributed by atoms with Crippen molar-refractivity contribution in [1.29, 1.82) is 0 Å². The topological polar surface area (TPSA) is 59.0 Å². The van der Waals surface area contributed by atoms with Crippen LogP contribution >= 0.6 is 23.2 Å². The molecule has 2 atom stereocenters. The molecular formula is C16H19Cl2NO4. The summed E-state index contributed by atoms with van der Waals surface area (Å²) in [5.41, 5.74) is 0.151. The molecule has 7 heteroatoms. The van der Waals surface area contributed by atoms with Gasteiger partial charge in [0.05, 0.1) is 24.2 Å². The van der Waals surface area contributed by atoms with E-state index in [-0.39, 0.29) is 5.92 Å². The van der Waals surface area contributed by atoms with Crippen LogP contribution in [0.2, 0.25) is 10.0 Å². The van der Waals surface area contributed by atoms with Crippen LogP contribution in [-0.2, 0) is 16.1 Å². The van der Waals surface area contributed by atoms with Gasteiger partial charge in [0.25, 0.3) is 0 Å². The fraction of sp³-hybridized carbons (Fsp3) is 0.562. The number of rotatable bonds is 4. The highest BCUT2D eigenvalue weighted by Gasteiger charge is 2.53. The molecule has 1 N–H and O–H groups in total. The number of fused-ring (bicyclic) bond motifs is 1. The lowest BCUT2D eigenvalue weighted by molar-refractivity contribution is -0.157. The Morgan fingerprint density at radius 2 is 2.30 bits per heavy atom. The zero-order chi connectivity index (χ0) is 16.6. The van der Waals surface area contributed by atoms with Gasteiger partial charge in [-0.1, -0.05) is 23.2 Å². The van der Waals surface area contributed by atoms with E-state index in [0.717, 1.165) is 5.56 Å². The number of ether oxygens (including phenoxy) is 2. The predicted molar refractivity (Wildman–Crippen MR) is 87.3 cm³/mol. The smallest absolute Gasteiger partial charge is 0.311 e. The predicted octanol–water partition coefficient (Wildman–Crippen LogP) is 2.93. The molecule has 0 spiro atoms. The fourth-order valence-electron chi connectivity index (χ4n) is 3.72. The van der Waals surface area contributed by atoms with Gasteiger partial charge >= 0.3 is 5.97 Å². The monoisotopic (exact) mass is 359 g/mol. The number of halogens is 2. The highest BCUT2D eigenvalue weighted by Crippen LogP contribution is 2.43. The minimum Gasteiger partial charge on any atom is -0.495 e. The highest BCUT2D eigenvalue weighted by molar-refractivity contribution is 6.35. The molecule has 0 saturated carbocycles. The minimum atomic E-state index is -0.732. The third kappa shape index (κ3) is 3.03. The molecule has 0 aliphatic carbocycles. The molecule has 1 aromatic carbocycles. The molecule has 2 fully saturated rings. The zero-order valence-electron chi connectivity index (χ0n) is 12.8. The third-order valence-corrected chi connectivity index (χ3v) is 5.39. The Hall–Kier alpha value is -1.01. The van der Waals surface area contributed by atoms with Crippen LogP contribution in [0.1, 0.15) is 12.0 Å². The van der Waals surface area contributed by atoms with Gasteiger partial charge in [0, 0.05) is 42.7 Å². The maximum atomic E-state index is 11.8. The number of benzene rings is 1. The van der Waals surface area contributed by atoms with Crippen LogP contribution in [0.3, 0.4) is 0 Å². The summed E-state index contributed by atoms with van der Waals surface area (Å²) in [6.45, 7) is 2.73. The number of carboxylic acid groups (broad SMARTS) is 1. The van der Waals surface area contributed by atoms with Crippen molar-refractivity contribution in [3.05, 3.63) is 27.7 Å². The molecule has 126 valence electrons. The summed E-state index contributed by atoms with van der Waals surface area (Å²) in [7, 11) is 1.56. The van der Waals surface area contributed by atoms with Crippen molar-refractivity contribution in [3.8, 4) is 5.75 Å². The van der Waals surface area contributed by atoms with Crippen LogP contribution in [0.25, 0.3) is 0 Å². The Morgan fingerprint density at radius 3 is 2.96 bits per heavy atom. The van der Waals surface area contributed by atoms with E-state index in [1.54, 1.807) is 13.2 Å². The number of hydrogen-bond donors (Lipinski definition) is 1. The summed E-state index contributed by atoms with van der Waals surface area (Å²) >= 11 is 12.3. The molecule has 3 rings (SSSR count). The minimum absolute atomic E-state index is 0.00870. The van der Waals surface area contributed by atoms with Crippen molar-refractivity contribution >= 4 is 29.2 Å². The van der Waals surface area contributed by atoms with E-state index >= 15 is 0 Å². The lowest BCUT2D eigenvalue weighted by atomic mass is 9.74. The van der Waals surface area contributed by atoms with Crippen molar-refractivity contribution in [3.63, 3.8) is 0 Å². The van der Waals surface area contributed by atoms with Crippen molar-refractivity contribution in [2.45, 2.75) is 13.0 Å². The number of likely N-dealkylation sites (tertiary alicyclic amines) is 1. The van der Waals surface area contributed by atoms with Gasteiger partial charge in [0.1, 0.15) is 5.75 Å². The van der Waals surface area contributed by atoms with Crippen molar-refractivity contribution in [2.75, 3.05) is 33.4 Å². The number of methoxy groups -OCH3 is 1. The molecule has 0 bridgehead atoms. The molecule has 0 unspecified atom stereocenters. The standard InChI is InChI=1S/C16H19Cl2NO4/c1-22-14-10(4-12(17)5-13(14)18)6-19-7-11-8-23-3-2-16(11,9-19)15(20)21/h4-5,11H,2-3,6-9H2,1H3,(H,20,21)/t11-,16+/m1/s1. The van der Waals surface area contributed by atoms with Gasteiger partial charge in [-0.25, -0.2) is 0 Å². The summed E-state index contributed by atoms with van der Waals surface area (Å²) in [5, 5.41) is 10.7. The van der Waals surface area contributed by atoms with E-state index in [0.29, 0.717) is 55.1 Å². The average Bonchev–Trinajstić information content (AvgIpc) is 2.86. The van der Waals surface area contributed by atoms with E-state index in [1.807, 2.05) is 6.07 Å². The molecule has 0 radical (unpaired) electrons. The zero-order valence-corrected chi connectivity index (χ0v) is 14.4. The average molecular weight is 360 g/mol. The molecule has 5 nitrogen and oxygen atoms in total. The number of aliphatic carboxylic acids is 1. The second-order valence-electron chi connectivity index (χ2n) is 6.23. The second kappa shape index (κ2) is 6.48. The number of carbonyl (C=O) groups is 1. The van der Waals surface area contributed by atoms with Crippen molar-refractivity contribution < 1.29 is 19.4 Å². The first-order chi connectivity index (χ1) is 11.0. The molecule has 2 aliphatic rings. The summed E-state index contributed by atoms with van der Waals surface area (Å²) in [5.74, 6) is -0.134. The molecule has 1 aromatic rings. The van der Waals surface area contributed by atoms with Crippen LogP contribution in [0, 0.1) is 11.3 Å². The van der Waals surface area contributed by atoms with Gasteiger partial charge in [-0.05, 0) is 18.6 Å². The van der Waals surface area contributed by atoms with Gasteiger partial charge in [-0.3, -0.25) is 9.69 Å². The van der Waals surface area contributed by atoms with Gasteiger partial charge in [-0.2, -0.15) is 0 Å². The van der Waals surface area contributed by atoms with Crippen LogP contribution in [0.5, 0.6) is 5.75 Å². The third-order valence-electron chi connectivity index (χ3n) is 4.89. The number of hydrogen-bond acceptors (Lipinski definition) is 4. The van der Waals surface area contributed by atoms with E-state index in [9.17, 15) is 9.90 Å². The van der Waals surface area contributed by atoms with E-state index < -0.39 is 11.4 Å². The Labute approximate surface area is 145 Å². The first-order valence-electron chi connectivity index (χ1n) is 7.51. The summed E-state index contributed by atoms with van der Waals surface area (Å²) in [6.07, 6.45) is 0.553. The second-order valence-corrected chi connectivity index (χ2v) is 7.08. The van der Waals surface area contributed by atoms with Gasteiger partial charge in [0.15, 0.2) is 0 Å². The first kappa shape index (κ1) is 16.8. The molecular weight excluding hydrogens is 341 g/mol. The quantitative estimate of drug-likeness (QED) is 0.895. The molecule has 2 saturated heterocycles. The highest BCUT2D eigenvalue weighted by atomic mass is 35.5. The fourth-order valence-corrected chi connectivity index (χ4v) is 4.34. The van der Waals surface area contributed by atoms with Gasteiger partial charge in [-0.15, -0.1) is 0 Å². The summed E-state index contributed by atoms with van der Waals surface area (Å²) in [4.78, 5) is 14.0. The molecule has 2 heterocycles. The van der Waals surface area contributed by atoms with E-state index in [4.69, 9.17) is 32.7 Å². The lowest BCUT2D eigenvalue weighted by Gasteiger charge is -2.34. The Kier molecular flexibility index (Phi) is 4.74. The normalized spacial score (nSPS) is 27.7. The number of carboxylic acids is 1.